The van der Waals surface area contributed by atoms with Crippen molar-refractivity contribution in [1.82, 2.24) is 0 Å². The maximum atomic E-state index is 9.95. The van der Waals surface area contributed by atoms with Gasteiger partial charge in [-0.25, -0.2) is 0 Å². The largest absolute Gasteiger partial charge is 0.466 e. The number of nitrogens with zero attached hydrogens (tertiary/aromatic N) is 1. The zero-order chi connectivity index (χ0) is 10.2. The molecule has 3 heteroatoms. The smallest absolute Gasteiger partial charge is 0.293 e. The first-order chi connectivity index (χ1) is 6.86. The highest BCUT2D eigenvalue weighted by Gasteiger charge is 2.08. The Kier molecular flexibility index (Phi) is 4.22. The van der Waals surface area contributed by atoms with Crippen molar-refractivity contribution < 1.29 is 9.53 Å². The molecule has 0 bridgehead atoms. The quantitative estimate of drug-likeness (QED) is 0.660. The van der Waals surface area contributed by atoms with Crippen molar-refractivity contribution in [2.45, 2.75) is 6.42 Å². The van der Waals surface area contributed by atoms with Gasteiger partial charge in [-0.1, -0.05) is 30.3 Å². The first kappa shape index (κ1) is 10.3. The maximum absolute atomic E-state index is 9.95. The predicted molar refractivity (Wildman–Crippen MR) is 51.3 cm³/mol. The highest BCUT2D eigenvalue weighted by molar-refractivity contribution is 5.37. The van der Waals surface area contributed by atoms with E-state index < -0.39 is 0 Å². The van der Waals surface area contributed by atoms with Crippen LogP contribution in [-0.2, 0) is 16.0 Å². The summed E-state index contributed by atoms with van der Waals surface area (Å²) in [5.41, 5.74) is 1.08. The minimum absolute atomic E-state index is 0.162. The van der Waals surface area contributed by atoms with Gasteiger partial charge >= 0.3 is 0 Å². The van der Waals surface area contributed by atoms with Crippen LogP contribution in [0, 0.1) is 17.2 Å². The summed E-state index contributed by atoms with van der Waals surface area (Å²) in [6.45, 7) is 0.532. The van der Waals surface area contributed by atoms with Gasteiger partial charge in [-0.3, -0.25) is 4.79 Å². The number of hydrogen-bond donors (Lipinski definition) is 0. The third-order valence-corrected chi connectivity index (χ3v) is 1.87. The van der Waals surface area contributed by atoms with E-state index in [0.29, 0.717) is 12.9 Å². The molecule has 0 aliphatic heterocycles. The SMILES string of the molecule is N#C[C@H](COC=O)Cc1ccccc1. The van der Waals surface area contributed by atoms with Crippen LogP contribution < -0.4 is 0 Å². The number of benzene rings is 1. The lowest BCUT2D eigenvalue weighted by Gasteiger charge is -2.06. The molecule has 0 fully saturated rings. The maximum Gasteiger partial charge on any atom is 0.293 e. The molecule has 1 rings (SSSR count). The van der Waals surface area contributed by atoms with E-state index in [4.69, 9.17) is 5.26 Å². The highest BCUT2D eigenvalue weighted by Crippen LogP contribution is 2.07. The molecule has 14 heavy (non-hydrogen) atoms. The van der Waals surface area contributed by atoms with E-state index in [1.807, 2.05) is 30.3 Å². The Morgan fingerprint density at radius 1 is 1.43 bits per heavy atom. The molecule has 0 saturated heterocycles. The molecule has 1 aromatic rings. The molecule has 1 aromatic carbocycles. The summed E-state index contributed by atoms with van der Waals surface area (Å²) in [7, 11) is 0. The molecule has 0 aliphatic carbocycles. The van der Waals surface area contributed by atoms with Gasteiger partial charge in [0.25, 0.3) is 6.47 Å². The molecule has 0 N–H and O–H groups in total. The summed E-state index contributed by atoms with van der Waals surface area (Å²) < 4.78 is 4.56. The number of carbonyl (C=O) groups excluding carboxylic acids is 1. The van der Waals surface area contributed by atoms with Crippen LogP contribution >= 0.6 is 0 Å². The van der Waals surface area contributed by atoms with Crippen LogP contribution in [0.1, 0.15) is 5.56 Å². The van der Waals surface area contributed by atoms with Gasteiger partial charge in [0.15, 0.2) is 0 Å². The molecule has 0 aromatic heterocycles. The van der Waals surface area contributed by atoms with E-state index in [-0.39, 0.29) is 12.5 Å². The Balaban J connectivity index is 2.49. The zero-order valence-electron chi connectivity index (χ0n) is 7.72. The van der Waals surface area contributed by atoms with E-state index in [0.717, 1.165) is 5.56 Å². The molecule has 3 nitrogen and oxygen atoms in total. The van der Waals surface area contributed by atoms with Crippen LogP contribution in [-0.4, -0.2) is 13.1 Å². The van der Waals surface area contributed by atoms with E-state index in [1.54, 1.807) is 0 Å². The van der Waals surface area contributed by atoms with Crippen LogP contribution in [0.15, 0.2) is 30.3 Å². The first-order valence-corrected chi connectivity index (χ1v) is 4.35. The number of hydrogen-bond acceptors (Lipinski definition) is 3. The molecule has 0 unspecified atom stereocenters. The minimum Gasteiger partial charge on any atom is -0.466 e. The van der Waals surface area contributed by atoms with Gasteiger partial charge in [0.1, 0.15) is 6.61 Å². The topological polar surface area (TPSA) is 50.1 Å². The van der Waals surface area contributed by atoms with Crippen LogP contribution in [0.25, 0.3) is 0 Å². The highest BCUT2D eigenvalue weighted by atomic mass is 16.5. The van der Waals surface area contributed by atoms with E-state index >= 15 is 0 Å². The van der Waals surface area contributed by atoms with Gasteiger partial charge in [-0.05, 0) is 12.0 Å². The van der Waals surface area contributed by atoms with Crippen molar-refractivity contribution in [3.63, 3.8) is 0 Å². The number of rotatable bonds is 5. The third kappa shape index (κ3) is 3.28. The number of nitriles is 1. The average Bonchev–Trinajstić information content (AvgIpc) is 2.25. The second-order valence-electron chi connectivity index (χ2n) is 2.95. The predicted octanol–water partition coefficient (Wildman–Crippen LogP) is 1.54. The van der Waals surface area contributed by atoms with Gasteiger partial charge < -0.3 is 4.74 Å². The van der Waals surface area contributed by atoms with Crippen molar-refractivity contribution in [2.24, 2.45) is 5.92 Å². The Morgan fingerprint density at radius 3 is 2.71 bits per heavy atom. The molecule has 72 valence electrons. The normalized spacial score (nSPS) is 11.4. The van der Waals surface area contributed by atoms with Crippen LogP contribution in [0.5, 0.6) is 0 Å². The summed E-state index contributed by atoms with van der Waals surface area (Å²) in [4.78, 5) is 9.95. The lowest BCUT2D eigenvalue weighted by Crippen LogP contribution is -2.09. The van der Waals surface area contributed by atoms with E-state index in [2.05, 4.69) is 10.8 Å². The zero-order valence-corrected chi connectivity index (χ0v) is 7.72. The van der Waals surface area contributed by atoms with Gasteiger partial charge in [0.2, 0.25) is 0 Å². The van der Waals surface area contributed by atoms with Crippen molar-refractivity contribution >= 4 is 6.47 Å². The monoisotopic (exact) mass is 189 g/mol. The van der Waals surface area contributed by atoms with Crippen molar-refractivity contribution in [2.75, 3.05) is 6.61 Å². The summed E-state index contributed by atoms with van der Waals surface area (Å²) in [6, 6.07) is 11.8. The fourth-order valence-corrected chi connectivity index (χ4v) is 1.20. The molecule has 0 radical (unpaired) electrons. The van der Waals surface area contributed by atoms with Gasteiger partial charge in [0, 0.05) is 0 Å². The molecule has 0 heterocycles. The standard InChI is InChI=1S/C11H11NO2/c12-7-11(8-14-9-13)6-10-4-2-1-3-5-10/h1-5,9,11H,6,8H2/t11-/m1/s1. The summed E-state index contributed by atoms with van der Waals surface area (Å²) in [6.07, 6.45) is 0.616. The molecule has 0 aliphatic rings. The summed E-state index contributed by atoms with van der Waals surface area (Å²) in [5.74, 6) is -0.261. The first-order valence-electron chi connectivity index (χ1n) is 4.35. The van der Waals surface area contributed by atoms with Gasteiger partial charge in [0.05, 0.1) is 12.0 Å². The van der Waals surface area contributed by atoms with Gasteiger partial charge in [-0.2, -0.15) is 5.26 Å². The Morgan fingerprint density at radius 2 is 2.14 bits per heavy atom. The number of ether oxygens (including phenoxy) is 1. The average molecular weight is 189 g/mol. The molecule has 0 saturated carbocycles. The Labute approximate surface area is 82.9 Å². The molecule has 1 atom stereocenters. The van der Waals surface area contributed by atoms with Crippen LogP contribution in [0.4, 0.5) is 0 Å². The molecule has 0 amide bonds. The molecular formula is C11H11NO2. The Hall–Kier alpha value is -1.82. The molecule has 0 spiro atoms. The molecular weight excluding hydrogens is 178 g/mol. The minimum atomic E-state index is -0.261. The summed E-state index contributed by atoms with van der Waals surface area (Å²) in [5, 5.41) is 8.77. The van der Waals surface area contributed by atoms with Crippen molar-refractivity contribution in [1.29, 1.82) is 5.26 Å². The van der Waals surface area contributed by atoms with E-state index in [9.17, 15) is 4.79 Å². The second kappa shape index (κ2) is 5.76. The van der Waals surface area contributed by atoms with E-state index in [1.165, 1.54) is 0 Å². The van der Waals surface area contributed by atoms with Crippen LogP contribution in [0.2, 0.25) is 0 Å². The van der Waals surface area contributed by atoms with Crippen LogP contribution in [0.3, 0.4) is 0 Å². The lowest BCUT2D eigenvalue weighted by atomic mass is 10.0. The summed E-state index contributed by atoms with van der Waals surface area (Å²) >= 11 is 0. The fraction of sp³-hybridized carbons (Fsp3) is 0.273. The Bertz CT molecular complexity index is 316. The van der Waals surface area contributed by atoms with Gasteiger partial charge in [-0.15, -0.1) is 0 Å². The van der Waals surface area contributed by atoms with Crippen molar-refractivity contribution in [3.8, 4) is 6.07 Å². The third-order valence-electron chi connectivity index (χ3n) is 1.87. The number of carbonyl (C=O) groups is 1. The van der Waals surface area contributed by atoms with Crippen molar-refractivity contribution in [3.05, 3.63) is 35.9 Å². The second-order valence-corrected chi connectivity index (χ2v) is 2.95. The fourth-order valence-electron chi connectivity index (χ4n) is 1.20. The lowest BCUT2D eigenvalue weighted by molar-refractivity contribution is -0.129.